The number of piperidine rings is 1. The highest BCUT2D eigenvalue weighted by Gasteiger charge is 2.46. The van der Waals surface area contributed by atoms with Crippen LogP contribution in [0, 0.1) is 5.41 Å². The minimum atomic E-state index is -0.145. The Hall–Kier alpha value is -3.36. The first-order valence-electron chi connectivity index (χ1n) is 13.0. The Bertz CT molecular complexity index is 1360. The van der Waals surface area contributed by atoms with Crippen molar-refractivity contribution in [3.05, 3.63) is 76.5 Å². The molecule has 0 bridgehead atoms. The number of aliphatic imine (C=N–C) groups is 1. The number of amidine groups is 1. The molecular weight excluding hydrogens is 462 g/mol. The topological polar surface area (TPSA) is 104 Å². The van der Waals surface area contributed by atoms with Crippen LogP contribution in [0.4, 0.5) is 11.5 Å². The molecular formula is C29H35N7O. The van der Waals surface area contributed by atoms with Crippen molar-refractivity contribution in [2.45, 2.75) is 58.7 Å². The molecule has 1 aliphatic carbocycles. The first kappa shape index (κ1) is 24.0. The van der Waals surface area contributed by atoms with E-state index >= 15 is 0 Å². The summed E-state index contributed by atoms with van der Waals surface area (Å²) in [5.41, 5.74) is 14.1. The summed E-state index contributed by atoms with van der Waals surface area (Å²) >= 11 is 0. The van der Waals surface area contributed by atoms with Gasteiger partial charge in [-0.1, -0.05) is 31.7 Å². The molecule has 1 atom stereocenters. The van der Waals surface area contributed by atoms with Crippen LogP contribution in [-0.2, 0) is 26.0 Å². The first-order valence-corrected chi connectivity index (χ1v) is 13.0. The zero-order chi connectivity index (χ0) is 24.3. The number of aromatic nitrogens is 3. The monoisotopic (exact) mass is 497 g/mol. The lowest BCUT2D eigenvalue weighted by Gasteiger charge is -2.43. The number of aliphatic hydroxyl groups excluding tert-OH is 1. The summed E-state index contributed by atoms with van der Waals surface area (Å²) in [7, 11) is 0. The molecule has 0 amide bonds. The molecule has 3 aliphatic heterocycles. The van der Waals surface area contributed by atoms with Gasteiger partial charge in [0, 0.05) is 31.9 Å². The number of rotatable bonds is 2. The highest BCUT2D eigenvalue weighted by Crippen LogP contribution is 2.51. The second kappa shape index (κ2) is 9.19. The molecule has 0 saturated carbocycles. The van der Waals surface area contributed by atoms with Gasteiger partial charge in [-0.2, -0.15) is 0 Å². The van der Waals surface area contributed by atoms with E-state index in [4.69, 9.17) is 20.7 Å². The van der Waals surface area contributed by atoms with Gasteiger partial charge in [-0.05, 0) is 60.8 Å². The third-order valence-electron chi connectivity index (χ3n) is 8.62. The Kier molecular flexibility index (Phi) is 5.96. The number of hydrogen-bond acceptors (Lipinski definition) is 8. The maximum atomic E-state index is 10.3. The number of nitrogens with zero attached hydrogens (tertiary/aromatic N) is 6. The zero-order valence-corrected chi connectivity index (χ0v) is 20.4. The van der Waals surface area contributed by atoms with Crippen LogP contribution in [0.2, 0.25) is 0 Å². The standard InChI is InChI=1S/C28H31N7O.CH4/c29-25-19-6-2-1-5-18(19)15-28(25)9-13-34(14-10-28)26-22(17-36)32-24-21(33-26)16-31-27(24)35-12-4-7-20-23(35)8-3-11-30-20;/h1-3,5-6,8,11,25,36H,4,7,9-10,12-17,29H2;1H4/t25-;/m1./s1. The highest BCUT2D eigenvalue weighted by molar-refractivity contribution is 6.11. The van der Waals surface area contributed by atoms with Gasteiger partial charge in [0.1, 0.15) is 11.4 Å². The van der Waals surface area contributed by atoms with Crippen molar-refractivity contribution in [3.63, 3.8) is 0 Å². The third-order valence-corrected chi connectivity index (χ3v) is 8.62. The molecule has 7 rings (SSSR count). The summed E-state index contributed by atoms with van der Waals surface area (Å²) in [6.07, 6.45) is 6.91. The van der Waals surface area contributed by atoms with E-state index in [1.54, 1.807) is 0 Å². The molecule has 8 nitrogen and oxygen atoms in total. The van der Waals surface area contributed by atoms with E-state index in [1.165, 1.54) is 11.1 Å². The van der Waals surface area contributed by atoms with Crippen molar-refractivity contribution in [3.8, 4) is 0 Å². The molecule has 1 fully saturated rings. The number of aryl methyl sites for hydroxylation is 1. The predicted molar refractivity (Wildman–Crippen MR) is 146 cm³/mol. The van der Waals surface area contributed by atoms with E-state index in [1.807, 2.05) is 12.3 Å². The molecule has 8 heteroatoms. The normalized spacial score (nSPS) is 21.2. The van der Waals surface area contributed by atoms with E-state index in [0.29, 0.717) is 12.2 Å². The van der Waals surface area contributed by atoms with Gasteiger partial charge in [0.05, 0.1) is 30.2 Å². The lowest BCUT2D eigenvalue weighted by atomic mass is 9.73. The summed E-state index contributed by atoms with van der Waals surface area (Å²) in [6, 6.07) is 12.8. The molecule has 0 unspecified atom stereocenters. The SMILES string of the molecule is C.N[C@@H]1c2ccccc2CC12CCN(c1nc3c(nc1CO)C(N1CCCc4ncccc41)=NC3)CC2. The zero-order valence-electron chi connectivity index (χ0n) is 20.4. The van der Waals surface area contributed by atoms with Crippen molar-refractivity contribution in [2.24, 2.45) is 16.1 Å². The Morgan fingerprint density at radius 1 is 1.03 bits per heavy atom. The second-order valence-electron chi connectivity index (χ2n) is 10.5. The van der Waals surface area contributed by atoms with E-state index in [2.05, 4.69) is 45.1 Å². The number of nitrogens with two attached hydrogens (primary N) is 1. The minimum Gasteiger partial charge on any atom is -0.390 e. The van der Waals surface area contributed by atoms with Gasteiger partial charge in [0.15, 0.2) is 11.7 Å². The van der Waals surface area contributed by atoms with Gasteiger partial charge in [0.2, 0.25) is 0 Å². The molecule has 37 heavy (non-hydrogen) atoms. The van der Waals surface area contributed by atoms with E-state index in [0.717, 1.165) is 86.2 Å². The predicted octanol–water partition coefficient (Wildman–Crippen LogP) is 3.56. The van der Waals surface area contributed by atoms with Gasteiger partial charge in [-0.3, -0.25) is 9.98 Å². The fourth-order valence-corrected chi connectivity index (χ4v) is 6.66. The lowest BCUT2D eigenvalue weighted by Crippen LogP contribution is -2.45. The van der Waals surface area contributed by atoms with Crippen LogP contribution in [0.3, 0.4) is 0 Å². The highest BCUT2D eigenvalue weighted by atomic mass is 16.3. The fourth-order valence-electron chi connectivity index (χ4n) is 6.66. The first-order chi connectivity index (χ1) is 17.7. The van der Waals surface area contributed by atoms with Crippen LogP contribution in [0.15, 0.2) is 47.6 Å². The lowest BCUT2D eigenvalue weighted by molar-refractivity contribution is 0.186. The second-order valence-corrected chi connectivity index (χ2v) is 10.5. The molecule has 2 aromatic heterocycles. The summed E-state index contributed by atoms with van der Waals surface area (Å²) in [5, 5.41) is 10.3. The van der Waals surface area contributed by atoms with Crippen molar-refractivity contribution in [1.29, 1.82) is 0 Å². The molecule has 192 valence electrons. The van der Waals surface area contributed by atoms with Crippen LogP contribution in [0.1, 0.15) is 66.6 Å². The Labute approximate surface area is 218 Å². The number of hydrogen-bond donors (Lipinski definition) is 2. The Morgan fingerprint density at radius 3 is 2.68 bits per heavy atom. The number of benzene rings is 1. The van der Waals surface area contributed by atoms with Crippen LogP contribution >= 0.6 is 0 Å². The molecule has 4 aliphatic rings. The molecule has 0 radical (unpaired) electrons. The Morgan fingerprint density at radius 2 is 1.86 bits per heavy atom. The number of anilines is 2. The van der Waals surface area contributed by atoms with Crippen molar-refractivity contribution >= 4 is 17.3 Å². The third kappa shape index (κ3) is 3.73. The van der Waals surface area contributed by atoms with Gasteiger partial charge in [-0.25, -0.2) is 9.97 Å². The maximum absolute atomic E-state index is 10.3. The van der Waals surface area contributed by atoms with E-state index in [-0.39, 0.29) is 25.5 Å². The molecule has 1 saturated heterocycles. The summed E-state index contributed by atoms with van der Waals surface area (Å²) < 4.78 is 0. The summed E-state index contributed by atoms with van der Waals surface area (Å²) in [6.45, 7) is 2.97. The number of fused-ring (bicyclic) bond motifs is 3. The van der Waals surface area contributed by atoms with E-state index < -0.39 is 0 Å². The quantitative estimate of drug-likeness (QED) is 0.558. The number of pyridine rings is 1. The molecule has 3 N–H and O–H groups in total. The van der Waals surface area contributed by atoms with Crippen molar-refractivity contribution in [2.75, 3.05) is 29.4 Å². The minimum absolute atomic E-state index is 0. The smallest absolute Gasteiger partial charge is 0.156 e. The summed E-state index contributed by atoms with van der Waals surface area (Å²) in [5.74, 6) is 1.65. The molecule has 1 spiro atoms. The van der Waals surface area contributed by atoms with E-state index in [9.17, 15) is 5.11 Å². The van der Waals surface area contributed by atoms with Gasteiger partial charge in [-0.15, -0.1) is 0 Å². The molecule has 1 aromatic carbocycles. The largest absolute Gasteiger partial charge is 0.390 e. The van der Waals surface area contributed by atoms with Crippen molar-refractivity contribution in [1.82, 2.24) is 15.0 Å². The van der Waals surface area contributed by atoms with Crippen molar-refractivity contribution < 1.29 is 5.11 Å². The van der Waals surface area contributed by atoms with Gasteiger partial charge < -0.3 is 20.6 Å². The average Bonchev–Trinajstić information content (AvgIpc) is 3.46. The Balaban J connectivity index is 0.00000252. The molecule has 5 heterocycles. The number of aliphatic hydroxyl groups is 1. The van der Waals surface area contributed by atoms with Crippen LogP contribution in [0.5, 0.6) is 0 Å². The van der Waals surface area contributed by atoms with Crippen LogP contribution < -0.4 is 15.5 Å². The summed E-state index contributed by atoms with van der Waals surface area (Å²) in [4.78, 5) is 23.9. The average molecular weight is 498 g/mol. The van der Waals surface area contributed by atoms with Crippen LogP contribution in [-0.4, -0.2) is 45.5 Å². The van der Waals surface area contributed by atoms with Crippen LogP contribution in [0.25, 0.3) is 0 Å². The van der Waals surface area contributed by atoms with Gasteiger partial charge >= 0.3 is 0 Å². The fraction of sp³-hybridized carbons (Fsp3) is 0.448. The maximum Gasteiger partial charge on any atom is 0.156 e. The van der Waals surface area contributed by atoms with Gasteiger partial charge in [0.25, 0.3) is 0 Å². The molecule has 3 aromatic rings.